The molecule has 6 heteroatoms. The van der Waals surface area contributed by atoms with Gasteiger partial charge in [-0.3, -0.25) is 9.97 Å². The molecule has 3 nitrogen and oxygen atoms in total. The molecule has 0 amide bonds. The van der Waals surface area contributed by atoms with Crippen LogP contribution in [0.2, 0.25) is 0 Å². The first-order chi connectivity index (χ1) is 10.4. The van der Waals surface area contributed by atoms with Crippen molar-refractivity contribution < 1.29 is 13.2 Å². The lowest BCUT2D eigenvalue weighted by molar-refractivity contribution is -0.136. The van der Waals surface area contributed by atoms with Crippen LogP contribution in [0.5, 0.6) is 0 Å². The molecule has 2 N–H and O–H groups in total. The predicted octanol–water partition coefficient (Wildman–Crippen LogP) is 4.17. The maximum atomic E-state index is 12.5. The van der Waals surface area contributed by atoms with Crippen LogP contribution in [0.15, 0.2) is 30.6 Å². The molecule has 22 heavy (non-hydrogen) atoms. The third-order valence-electron chi connectivity index (χ3n) is 3.78. The van der Waals surface area contributed by atoms with Gasteiger partial charge < -0.3 is 5.73 Å². The summed E-state index contributed by atoms with van der Waals surface area (Å²) in [6, 6.07) is 4.33. The molecule has 2 atom stereocenters. The van der Waals surface area contributed by atoms with Gasteiger partial charge in [0.05, 0.1) is 11.1 Å². The molecular weight excluding hydrogens is 291 g/mol. The summed E-state index contributed by atoms with van der Waals surface area (Å²) in [4.78, 5) is 7.46. The quantitative estimate of drug-likeness (QED) is 0.794. The minimum absolute atomic E-state index is 0.109. The van der Waals surface area contributed by atoms with Crippen molar-refractivity contribution in [2.45, 2.75) is 44.8 Å². The number of fused-ring (bicyclic) bond motifs is 1. The molecule has 1 aromatic carbocycles. The summed E-state index contributed by atoms with van der Waals surface area (Å²) in [5, 5.41) is 0. The summed E-state index contributed by atoms with van der Waals surface area (Å²) in [6.07, 6.45) is 3.48. The highest BCUT2D eigenvalue weighted by Gasteiger charge is 2.33. The van der Waals surface area contributed by atoms with Crippen molar-refractivity contribution >= 4 is 11.0 Å². The Kier molecular flexibility index (Phi) is 5.34. The Morgan fingerprint density at radius 1 is 1.14 bits per heavy atom. The van der Waals surface area contributed by atoms with E-state index in [2.05, 4.69) is 16.9 Å². The van der Waals surface area contributed by atoms with Crippen LogP contribution in [0.4, 0.5) is 13.2 Å². The second-order valence-corrected chi connectivity index (χ2v) is 5.76. The fraction of sp³-hybridized carbons (Fsp3) is 0.500. The average Bonchev–Trinajstić information content (AvgIpc) is 2.46. The number of aromatic nitrogens is 2. The van der Waals surface area contributed by atoms with Crippen molar-refractivity contribution in [1.82, 2.24) is 9.97 Å². The molecular formula is C16H20F3N3. The zero-order valence-corrected chi connectivity index (χ0v) is 12.5. The molecule has 1 heterocycles. The molecule has 0 saturated heterocycles. The average molecular weight is 311 g/mol. The molecule has 120 valence electrons. The largest absolute Gasteiger partial charge is 0.418 e. The molecule has 1 fully saturated rings. The van der Waals surface area contributed by atoms with Gasteiger partial charge in [0.15, 0.2) is 0 Å². The number of benzene rings is 1. The van der Waals surface area contributed by atoms with Gasteiger partial charge in [0, 0.05) is 18.4 Å². The van der Waals surface area contributed by atoms with E-state index in [9.17, 15) is 13.2 Å². The summed E-state index contributed by atoms with van der Waals surface area (Å²) < 4.78 is 37.4. The molecule has 1 aliphatic carbocycles. The van der Waals surface area contributed by atoms with Crippen LogP contribution in [0, 0.1) is 5.92 Å². The van der Waals surface area contributed by atoms with E-state index in [0.717, 1.165) is 12.0 Å². The summed E-state index contributed by atoms with van der Waals surface area (Å²) in [5.74, 6) is 0.888. The SMILES string of the molecule is CC1CCCC(N)C1.FC(F)(F)c1cccc2nccnc12. The zero-order valence-electron chi connectivity index (χ0n) is 12.5. The van der Waals surface area contributed by atoms with Gasteiger partial charge in [-0.25, -0.2) is 0 Å². The summed E-state index contributed by atoms with van der Waals surface area (Å²) >= 11 is 0. The molecule has 2 aromatic rings. The second kappa shape index (κ2) is 7.05. The van der Waals surface area contributed by atoms with Gasteiger partial charge >= 0.3 is 6.18 Å². The van der Waals surface area contributed by atoms with Crippen molar-refractivity contribution in [2.75, 3.05) is 0 Å². The second-order valence-electron chi connectivity index (χ2n) is 5.76. The summed E-state index contributed by atoms with van der Waals surface area (Å²) in [5.41, 5.74) is 5.12. The molecule has 0 spiro atoms. The Morgan fingerprint density at radius 2 is 1.86 bits per heavy atom. The molecule has 0 aliphatic heterocycles. The van der Waals surface area contributed by atoms with E-state index in [-0.39, 0.29) is 11.0 Å². The number of hydrogen-bond acceptors (Lipinski definition) is 3. The predicted molar refractivity (Wildman–Crippen MR) is 80.1 cm³/mol. The third kappa shape index (κ3) is 4.40. The van der Waals surface area contributed by atoms with Gasteiger partial charge in [0.25, 0.3) is 0 Å². The zero-order chi connectivity index (χ0) is 16.2. The molecule has 1 aromatic heterocycles. The number of nitrogens with two attached hydrogens (primary N) is 1. The van der Waals surface area contributed by atoms with E-state index in [4.69, 9.17) is 5.73 Å². The highest BCUT2D eigenvalue weighted by Crippen LogP contribution is 2.32. The molecule has 2 unspecified atom stereocenters. The Balaban J connectivity index is 0.000000188. The van der Waals surface area contributed by atoms with E-state index in [1.165, 1.54) is 50.2 Å². The normalized spacial score (nSPS) is 22.0. The minimum atomic E-state index is -4.38. The number of alkyl halides is 3. The van der Waals surface area contributed by atoms with Crippen LogP contribution in [0.3, 0.4) is 0 Å². The van der Waals surface area contributed by atoms with Crippen LogP contribution >= 0.6 is 0 Å². The number of para-hydroxylation sites is 1. The maximum Gasteiger partial charge on any atom is 0.418 e. The molecule has 1 saturated carbocycles. The van der Waals surface area contributed by atoms with Crippen LogP contribution in [0.1, 0.15) is 38.2 Å². The van der Waals surface area contributed by atoms with Gasteiger partial charge in [-0.2, -0.15) is 13.2 Å². The van der Waals surface area contributed by atoms with Crippen molar-refractivity contribution in [3.05, 3.63) is 36.2 Å². The third-order valence-corrected chi connectivity index (χ3v) is 3.78. The highest BCUT2D eigenvalue weighted by atomic mass is 19.4. The van der Waals surface area contributed by atoms with Crippen molar-refractivity contribution in [3.8, 4) is 0 Å². The lowest BCUT2D eigenvalue weighted by Gasteiger charge is -2.22. The number of hydrogen-bond donors (Lipinski definition) is 1. The van der Waals surface area contributed by atoms with Crippen molar-refractivity contribution in [3.63, 3.8) is 0 Å². The van der Waals surface area contributed by atoms with E-state index < -0.39 is 11.7 Å². The van der Waals surface area contributed by atoms with Crippen LogP contribution in [-0.2, 0) is 6.18 Å². The minimum Gasteiger partial charge on any atom is -0.328 e. The summed E-state index contributed by atoms with van der Waals surface area (Å²) in [6.45, 7) is 2.29. The van der Waals surface area contributed by atoms with Crippen LogP contribution in [0.25, 0.3) is 11.0 Å². The molecule has 3 rings (SSSR count). The number of nitrogens with zero attached hydrogens (tertiary/aromatic N) is 2. The first-order valence-electron chi connectivity index (χ1n) is 7.40. The lowest BCUT2D eigenvalue weighted by Crippen LogP contribution is -2.26. The van der Waals surface area contributed by atoms with Crippen molar-refractivity contribution in [1.29, 1.82) is 0 Å². The van der Waals surface area contributed by atoms with Gasteiger partial charge in [0.2, 0.25) is 0 Å². The van der Waals surface area contributed by atoms with Gasteiger partial charge in [-0.15, -0.1) is 0 Å². The Bertz CT molecular complexity index is 600. The number of halogens is 3. The first-order valence-corrected chi connectivity index (χ1v) is 7.40. The van der Waals surface area contributed by atoms with E-state index in [1.54, 1.807) is 0 Å². The van der Waals surface area contributed by atoms with E-state index >= 15 is 0 Å². The molecule has 0 radical (unpaired) electrons. The lowest BCUT2D eigenvalue weighted by atomic mass is 9.88. The fourth-order valence-electron chi connectivity index (χ4n) is 2.70. The topological polar surface area (TPSA) is 51.8 Å². The molecule has 1 aliphatic rings. The molecule has 0 bridgehead atoms. The van der Waals surface area contributed by atoms with E-state index in [0.29, 0.717) is 6.04 Å². The van der Waals surface area contributed by atoms with Crippen LogP contribution < -0.4 is 5.73 Å². The number of rotatable bonds is 0. The summed E-state index contributed by atoms with van der Waals surface area (Å²) in [7, 11) is 0. The van der Waals surface area contributed by atoms with Gasteiger partial charge in [-0.05, 0) is 30.9 Å². The van der Waals surface area contributed by atoms with E-state index in [1.807, 2.05) is 0 Å². The standard InChI is InChI=1S/C9H5F3N2.C7H15N/c10-9(11,12)6-2-1-3-7-8(6)14-5-4-13-7;1-6-3-2-4-7(8)5-6/h1-5H;6-7H,2-5,8H2,1H3. The Morgan fingerprint density at radius 3 is 2.45 bits per heavy atom. The smallest absolute Gasteiger partial charge is 0.328 e. The highest BCUT2D eigenvalue weighted by molar-refractivity contribution is 5.77. The first kappa shape index (κ1) is 16.7. The van der Waals surface area contributed by atoms with Crippen molar-refractivity contribution in [2.24, 2.45) is 11.7 Å². The van der Waals surface area contributed by atoms with Gasteiger partial charge in [0.1, 0.15) is 5.52 Å². The maximum absolute atomic E-state index is 12.5. The monoisotopic (exact) mass is 311 g/mol. The fourth-order valence-corrected chi connectivity index (χ4v) is 2.70. The van der Waals surface area contributed by atoms with Gasteiger partial charge in [-0.1, -0.05) is 25.8 Å². The van der Waals surface area contributed by atoms with Crippen LogP contribution in [-0.4, -0.2) is 16.0 Å². The Hall–Kier alpha value is -1.69. The Labute approximate surface area is 127 Å².